The fourth-order valence-corrected chi connectivity index (χ4v) is 18.3. The van der Waals surface area contributed by atoms with E-state index in [9.17, 15) is 0 Å². The van der Waals surface area contributed by atoms with Gasteiger partial charge in [0, 0.05) is 0 Å². The van der Waals surface area contributed by atoms with E-state index in [1.165, 1.54) is 5.57 Å². The van der Waals surface area contributed by atoms with Gasteiger partial charge in [0.1, 0.15) is 0 Å². The molecule has 3 aromatic rings. The van der Waals surface area contributed by atoms with E-state index in [2.05, 4.69) is 173 Å². The highest BCUT2D eigenvalue weighted by molar-refractivity contribution is 7.17. The van der Waals surface area contributed by atoms with E-state index in [0.717, 1.165) is 0 Å². The molecule has 0 bridgehead atoms. The van der Waals surface area contributed by atoms with Crippen LogP contribution in [0.5, 0.6) is 0 Å². The monoisotopic (exact) mass is 668 g/mol. The number of benzene rings is 3. The fraction of sp³-hybridized carbons (Fsp3) is 0.436. The number of hydrogen-bond donors (Lipinski definition) is 0. The van der Waals surface area contributed by atoms with Crippen molar-refractivity contribution >= 4 is 76.7 Å². The Bertz CT molecular complexity index is 1470. The standard InChI is InChI=1S/C39H60Si5/c1-28-29(2)31(4)39(30(28)3)44(32-20-18-17-19-21-32,37-24-33(40(5,6)7)22-34(25-37)41(8,9)10)38-26-35(42(11,12)13)23-36(27-38)43(14,15)16/h17-27,30H,1-16H3. The lowest BCUT2D eigenvalue weighted by atomic mass is 10.1. The molecule has 236 valence electrons. The number of hydrogen-bond acceptors (Lipinski definition) is 0. The SMILES string of the molecule is CC1=C(C)C(C)C([Si](c2ccccc2)(c2cc([Si](C)(C)C)cc([Si](C)(C)C)c2)c2cc([Si](C)(C)C)cc([Si](C)(C)C)c2)=C1C. The molecule has 0 saturated heterocycles. The summed E-state index contributed by atoms with van der Waals surface area (Å²) in [6.45, 7) is 40.2. The maximum atomic E-state index is 2.72. The molecule has 1 aliphatic rings. The Balaban J connectivity index is 2.37. The van der Waals surface area contributed by atoms with Crippen molar-refractivity contribution in [3.63, 3.8) is 0 Å². The lowest BCUT2D eigenvalue weighted by molar-refractivity contribution is 0.851. The topological polar surface area (TPSA) is 0 Å². The van der Waals surface area contributed by atoms with Gasteiger partial charge in [-0.2, -0.15) is 0 Å². The Morgan fingerprint density at radius 2 is 0.727 bits per heavy atom. The lowest BCUT2D eigenvalue weighted by Crippen LogP contribution is -2.72. The Morgan fingerprint density at radius 1 is 0.409 bits per heavy atom. The summed E-state index contributed by atoms with van der Waals surface area (Å²) in [5, 5.41) is 13.0. The van der Waals surface area contributed by atoms with Crippen molar-refractivity contribution in [2.75, 3.05) is 0 Å². The molecule has 4 rings (SSSR count). The Hall–Kier alpha value is -1.78. The minimum Gasteiger partial charge on any atom is -0.0656 e. The third kappa shape index (κ3) is 6.41. The first kappa shape index (κ1) is 35.1. The number of rotatable bonds is 8. The zero-order valence-corrected chi connectivity index (χ0v) is 35.9. The van der Waals surface area contributed by atoms with E-state index in [1.54, 1.807) is 52.6 Å². The molecular formula is C39H60Si5. The average Bonchev–Trinajstić information content (AvgIpc) is 3.10. The maximum absolute atomic E-state index is 2.72. The van der Waals surface area contributed by atoms with Crippen LogP contribution >= 0.6 is 0 Å². The second-order valence-electron chi connectivity index (χ2n) is 17.8. The number of allylic oxidation sites excluding steroid dienone is 4. The summed E-state index contributed by atoms with van der Waals surface area (Å²) in [6.07, 6.45) is 0. The molecule has 0 heterocycles. The molecule has 0 nitrogen and oxygen atoms in total. The molecular weight excluding hydrogens is 609 g/mol. The predicted molar refractivity (Wildman–Crippen MR) is 216 cm³/mol. The second-order valence-corrected chi connectivity index (χ2v) is 41.9. The molecule has 5 heteroatoms. The van der Waals surface area contributed by atoms with Crippen molar-refractivity contribution < 1.29 is 0 Å². The Labute approximate surface area is 276 Å². The highest BCUT2D eigenvalue weighted by atomic mass is 28.3. The molecule has 1 unspecified atom stereocenters. The van der Waals surface area contributed by atoms with E-state index < -0.39 is 40.4 Å². The van der Waals surface area contributed by atoms with Gasteiger partial charge in [-0.25, -0.2) is 0 Å². The molecule has 0 N–H and O–H groups in total. The van der Waals surface area contributed by atoms with Crippen LogP contribution in [0.2, 0.25) is 78.6 Å². The summed E-state index contributed by atoms with van der Waals surface area (Å²) in [5.74, 6) is 0.429. The molecule has 3 aromatic carbocycles. The summed E-state index contributed by atoms with van der Waals surface area (Å²) in [5.41, 5.74) is 4.62. The minimum absolute atomic E-state index is 0.429. The van der Waals surface area contributed by atoms with Gasteiger partial charge in [-0.05, 0) is 47.8 Å². The van der Waals surface area contributed by atoms with Crippen molar-refractivity contribution in [2.45, 2.75) is 106 Å². The first-order valence-electron chi connectivity index (χ1n) is 16.8. The first-order valence-corrected chi connectivity index (χ1v) is 32.8. The van der Waals surface area contributed by atoms with Gasteiger partial charge >= 0.3 is 0 Å². The zero-order chi connectivity index (χ0) is 33.2. The summed E-state index contributed by atoms with van der Waals surface area (Å²) in [7, 11) is -9.14. The van der Waals surface area contributed by atoms with Crippen molar-refractivity contribution in [3.8, 4) is 0 Å². The van der Waals surface area contributed by atoms with Crippen molar-refractivity contribution in [2.24, 2.45) is 5.92 Å². The van der Waals surface area contributed by atoms with Crippen molar-refractivity contribution in [1.82, 2.24) is 0 Å². The summed E-state index contributed by atoms with van der Waals surface area (Å²) < 4.78 is 0. The largest absolute Gasteiger partial charge is 0.176 e. The Morgan fingerprint density at radius 3 is 1.00 bits per heavy atom. The summed E-state index contributed by atoms with van der Waals surface area (Å²) in [6, 6.07) is 28.0. The molecule has 0 radical (unpaired) electrons. The molecule has 0 spiro atoms. The van der Waals surface area contributed by atoms with Gasteiger partial charge in [0.2, 0.25) is 0 Å². The van der Waals surface area contributed by atoms with Gasteiger partial charge in [0.05, 0.1) is 32.3 Å². The van der Waals surface area contributed by atoms with Gasteiger partial charge in [0.15, 0.2) is 8.07 Å². The van der Waals surface area contributed by atoms with E-state index in [1.807, 2.05) is 0 Å². The quantitative estimate of drug-likeness (QED) is 0.176. The predicted octanol–water partition coefficient (Wildman–Crippen LogP) is 7.18. The Kier molecular flexibility index (Phi) is 9.40. The van der Waals surface area contributed by atoms with Crippen LogP contribution in [0.25, 0.3) is 0 Å². The third-order valence-electron chi connectivity index (χ3n) is 10.4. The van der Waals surface area contributed by atoms with E-state index in [0.29, 0.717) is 5.92 Å². The van der Waals surface area contributed by atoms with Gasteiger partial charge in [-0.1, -0.05) is 189 Å². The van der Waals surface area contributed by atoms with Crippen LogP contribution in [-0.2, 0) is 0 Å². The highest BCUT2D eigenvalue weighted by Gasteiger charge is 2.49. The van der Waals surface area contributed by atoms with Crippen LogP contribution in [0.4, 0.5) is 0 Å². The molecule has 0 saturated carbocycles. The fourth-order valence-electron chi connectivity index (χ4n) is 7.04. The van der Waals surface area contributed by atoms with E-state index in [-0.39, 0.29) is 0 Å². The van der Waals surface area contributed by atoms with Crippen molar-refractivity contribution in [3.05, 3.63) is 88.6 Å². The van der Waals surface area contributed by atoms with Crippen LogP contribution in [0.3, 0.4) is 0 Å². The molecule has 0 amide bonds. The zero-order valence-electron chi connectivity index (χ0n) is 30.9. The molecule has 0 aromatic heterocycles. The van der Waals surface area contributed by atoms with Crippen LogP contribution in [0.15, 0.2) is 88.6 Å². The second kappa shape index (κ2) is 11.8. The van der Waals surface area contributed by atoms with Gasteiger partial charge < -0.3 is 0 Å². The van der Waals surface area contributed by atoms with Crippen LogP contribution in [0, 0.1) is 5.92 Å². The van der Waals surface area contributed by atoms with Gasteiger partial charge in [-0.3, -0.25) is 0 Å². The van der Waals surface area contributed by atoms with Gasteiger partial charge in [-0.15, -0.1) is 0 Å². The molecule has 1 atom stereocenters. The maximum Gasteiger partial charge on any atom is 0.176 e. The normalized spacial score (nSPS) is 17.1. The lowest BCUT2D eigenvalue weighted by Gasteiger charge is -2.41. The highest BCUT2D eigenvalue weighted by Crippen LogP contribution is 2.41. The average molecular weight is 669 g/mol. The molecule has 44 heavy (non-hydrogen) atoms. The summed E-state index contributed by atoms with van der Waals surface area (Å²) >= 11 is 0. The van der Waals surface area contributed by atoms with Crippen molar-refractivity contribution in [1.29, 1.82) is 0 Å². The van der Waals surface area contributed by atoms with Gasteiger partial charge in [0.25, 0.3) is 0 Å². The van der Waals surface area contributed by atoms with Crippen LogP contribution < -0.4 is 36.3 Å². The van der Waals surface area contributed by atoms with Crippen LogP contribution in [0.1, 0.15) is 27.7 Å². The first-order chi connectivity index (χ1) is 20.0. The van der Waals surface area contributed by atoms with E-state index in [4.69, 9.17) is 0 Å². The smallest absolute Gasteiger partial charge is 0.0656 e. The molecule has 0 fully saturated rings. The molecule has 1 aliphatic carbocycles. The van der Waals surface area contributed by atoms with E-state index >= 15 is 0 Å². The summed E-state index contributed by atoms with van der Waals surface area (Å²) in [4.78, 5) is 0. The van der Waals surface area contributed by atoms with Crippen LogP contribution in [-0.4, -0.2) is 40.4 Å². The third-order valence-corrected chi connectivity index (χ3v) is 23.7. The molecule has 0 aliphatic heterocycles. The minimum atomic E-state index is -2.71.